The number of thiophene rings is 3. The van der Waals surface area contributed by atoms with Crippen LogP contribution in [-0.4, -0.2) is 127 Å². The van der Waals surface area contributed by atoms with E-state index in [0.29, 0.717) is 23.9 Å². The fourth-order valence-electron chi connectivity index (χ4n) is 10.5. The quantitative estimate of drug-likeness (QED) is 0.0636. The summed E-state index contributed by atoms with van der Waals surface area (Å²) in [5.74, 6) is 2.29. The highest BCUT2D eigenvalue weighted by molar-refractivity contribution is 9.10. The van der Waals surface area contributed by atoms with E-state index in [4.69, 9.17) is 45.1 Å². The van der Waals surface area contributed by atoms with Crippen LogP contribution in [0, 0.1) is 0 Å². The van der Waals surface area contributed by atoms with E-state index in [-0.39, 0.29) is 23.5 Å². The Morgan fingerprint density at radius 3 is 1.57 bits per heavy atom. The molecule has 5 aliphatic heterocycles. The Morgan fingerprint density at radius 2 is 1.08 bits per heavy atom. The van der Waals surface area contributed by atoms with Gasteiger partial charge in [0.2, 0.25) is 0 Å². The summed E-state index contributed by atoms with van der Waals surface area (Å²) < 4.78 is 36.4. The minimum atomic E-state index is -0.0653. The molecule has 24 heteroatoms. The molecule has 0 amide bonds. The summed E-state index contributed by atoms with van der Waals surface area (Å²) in [7, 11) is 0. The molecule has 0 aromatic carbocycles. The predicted octanol–water partition coefficient (Wildman–Crippen LogP) is 13.3. The first-order valence-electron chi connectivity index (χ1n) is 29.2. The second kappa shape index (κ2) is 26.9. The number of fused-ring (bicyclic) bond motifs is 3. The van der Waals surface area contributed by atoms with Crippen LogP contribution in [0.25, 0.3) is 62.4 Å². The highest BCUT2D eigenvalue weighted by atomic mass is 79.9. The third-order valence-electron chi connectivity index (χ3n) is 14.4. The lowest BCUT2D eigenvalue weighted by atomic mass is 10.1. The molecule has 448 valence electrons. The lowest BCUT2D eigenvalue weighted by Gasteiger charge is -2.24. The van der Waals surface area contributed by atoms with Gasteiger partial charge in [-0.2, -0.15) is 15.3 Å². The Morgan fingerprint density at radius 1 is 0.571 bits per heavy atom. The summed E-state index contributed by atoms with van der Waals surface area (Å²) in [6, 6.07) is 19.5. The van der Waals surface area contributed by atoms with Gasteiger partial charge in [-0.1, -0.05) is 0 Å². The molecule has 5 atom stereocenters. The van der Waals surface area contributed by atoms with Crippen LogP contribution in [-0.2, 0) is 23.7 Å². The number of nitrogens with zero attached hydrogens (tertiary/aromatic N) is 8. The van der Waals surface area contributed by atoms with E-state index in [1.807, 2.05) is 40.0 Å². The van der Waals surface area contributed by atoms with Gasteiger partial charge in [-0.25, -0.2) is 24.3 Å². The summed E-state index contributed by atoms with van der Waals surface area (Å²) in [5.41, 5.74) is 19.5. The molecule has 5 unspecified atom stereocenters. The fourth-order valence-corrected chi connectivity index (χ4v) is 14.4. The molecule has 0 spiro atoms. The van der Waals surface area contributed by atoms with Crippen molar-refractivity contribution in [3.8, 4) is 31.7 Å². The van der Waals surface area contributed by atoms with Crippen molar-refractivity contribution >= 4 is 109 Å². The maximum Gasteiger partial charge on any atom is 0.150 e. The smallest absolute Gasteiger partial charge is 0.150 e. The molecular formula is C60H78BrN15O5S3. The molecule has 5 aliphatic rings. The van der Waals surface area contributed by atoms with Crippen LogP contribution < -0.4 is 32.7 Å². The highest BCUT2D eigenvalue weighted by Crippen LogP contribution is 2.43. The lowest BCUT2D eigenvalue weighted by molar-refractivity contribution is -0.0384. The lowest BCUT2D eigenvalue weighted by Crippen LogP contribution is -2.27. The van der Waals surface area contributed by atoms with Crippen LogP contribution >= 0.6 is 49.9 Å². The molecule has 14 rings (SSSR count). The first kappa shape index (κ1) is 59.9. The number of halogens is 1. The number of ether oxygens (including phenoxy) is 5. The summed E-state index contributed by atoms with van der Waals surface area (Å²) in [6.45, 7) is 19.2. The van der Waals surface area contributed by atoms with E-state index in [2.05, 4.69) is 141 Å². The largest absolute Gasteiger partial charge is 0.384 e. The minimum Gasteiger partial charge on any atom is -0.384 e. The second-order valence-electron chi connectivity index (χ2n) is 23.8. The van der Waals surface area contributed by atoms with Gasteiger partial charge in [0.1, 0.15) is 17.5 Å². The molecule has 0 radical (unpaired) electrons. The average Bonchev–Trinajstić information content (AvgIpc) is 3.99. The molecule has 14 heterocycles. The van der Waals surface area contributed by atoms with E-state index in [1.165, 1.54) is 17.5 Å². The topological polar surface area (TPSA) is 249 Å². The number of aromatic nitrogens is 9. The molecule has 84 heavy (non-hydrogen) atoms. The van der Waals surface area contributed by atoms with Gasteiger partial charge < -0.3 is 56.4 Å². The van der Waals surface area contributed by atoms with Gasteiger partial charge in [0.15, 0.2) is 12.5 Å². The Labute approximate surface area is 510 Å². The van der Waals surface area contributed by atoms with Gasteiger partial charge in [-0.05, 0) is 158 Å². The maximum atomic E-state index is 6.00. The monoisotopic (exact) mass is 1260 g/mol. The predicted molar refractivity (Wildman–Crippen MR) is 345 cm³/mol. The van der Waals surface area contributed by atoms with Crippen LogP contribution in [0.15, 0.2) is 77.7 Å². The fraction of sp³-hybridized carbons (Fsp3) is 0.500. The number of nitrogens with two attached hydrogens (primary N) is 2. The molecule has 9 N–H and O–H groups in total. The zero-order valence-electron chi connectivity index (χ0n) is 48.7. The van der Waals surface area contributed by atoms with Crippen molar-refractivity contribution in [2.75, 3.05) is 79.9 Å². The van der Waals surface area contributed by atoms with E-state index < -0.39 is 0 Å². The van der Waals surface area contributed by atoms with E-state index in [9.17, 15) is 0 Å². The normalized spacial score (nSPS) is 20.9. The summed E-state index contributed by atoms with van der Waals surface area (Å²) in [6.07, 6.45) is 15.3. The van der Waals surface area contributed by atoms with Crippen molar-refractivity contribution in [1.82, 2.24) is 44.7 Å². The number of rotatable bonds is 11. The van der Waals surface area contributed by atoms with Crippen LogP contribution in [0.3, 0.4) is 0 Å². The first-order valence-corrected chi connectivity index (χ1v) is 32.4. The number of anilines is 5. The molecule has 20 nitrogen and oxygen atoms in total. The molecule has 0 aliphatic carbocycles. The number of aromatic amines is 1. The van der Waals surface area contributed by atoms with Crippen molar-refractivity contribution in [1.29, 1.82) is 0 Å². The standard InChI is InChI=1S/C23H31N5O2S.C19H23BrN4OS.C14H15N5OS.C4H9NO/c1-23(2,3)27-20-13-17(25-15-8-11-29-14-15)22-16(26-20)12-19(31-22)18-7-9-24-28(18)21-6-4-5-10-30-21;1-19(2,3)23-16-10-12(20)18-13(22-16)11-15(26-18)14-7-8-21-24(14)17-6-4-5-9-25-17;15-13-6-11(17-8-2-4-20-7-8)14-10(18-13)5-12(21-14)9-1-3-16-19-9;5-4-1-2-6-3-4/h7,9,12-13,15,21H,4-6,8,10-11,14H2,1-3H3,(H2,25,26,27);7-8,10-11,17H,4-6,9H2,1-3H3,(H,22,23);1,3,5-6,8H,2,4,7H2,(H,16,19)(H3,15,17,18);4H,1-3,5H2. The molecule has 5 saturated heterocycles. The molecule has 9 aromatic rings. The number of hydrogen-bond donors (Lipinski definition) is 7. The molecule has 5 fully saturated rings. The van der Waals surface area contributed by atoms with Crippen LogP contribution in [0.5, 0.6) is 0 Å². The van der Waals surface area contributed by atoms with Crippen molar-refractivity contribution < 1.29 is 23.7 Å². The average molecular weight is 1270 g/mol. The first-order chi connectivity index (χ1) is 40.6. The summed E-state index contributed by atoms with van der Waals surface area (Å²) >= 11 is 8.88. The maximum absolute atomic E-state index is 6.00. The second-order valence-corrected chi connectivity index (χ2v) is 27.8. The number of pyridine rings is 3. The van der Waals surface area contributed by atoms with Crippen molar-refractivity contribution in [3.63, 3.8) is 0 Å². The van der Waals surface area contributed by atoms with E-state index in [0.717, 1.165) is 183 Å². The summed E-state index contributed by atoms with van der Waals surface area (Å²) in [4.78, 5) is 17.6. The van der Waals surface area contributed by atoms with Crippen LogP contribution in [0.4, 0.5) is 28.8 Å². The van der Waals surface area contributed by atoms with Gasteiger partial charge >= 0.3 is 0 Å². The number of H-pyrrole nitrogens is 1. The third kappa shape index (κ3) is 15.2. The van der Waals surface area contributed by atoms with Crippen LogP contribution in [0.2, 0.25) is 0 Å². The van der Waals surface area contributed by atoms with Gasteiger partial charge in [-0.3, -0.25) is 5.10 Å². The Bertz CT molecular complexity index is 3570. The Kier molecular flexibility index (Phi) is 19.2. The van der Waals surface area contributed by atoms with Gasteiger partial charge in [0, 0.05) is 85.4 Å². The van der Waals surface area contributed by atoms with Gasteiger partial charge in [-0.15, -0.1) is 34.0 Å². The minimum absolute atomic E-state index is 0.0169. The van der Waals surface area contributed by atoms with Crippen molar-refractivity contribution in [3.05, 3.63) is 77.7 Å². The molecular weight excluding hydrogens is 1190 g/mol. The Balaban J connectivity index is 0.000000127. The number of nitrogen functional groups attached to an aromatic ring is 1. The third-order valence-corrected chi connectivity index (χ3v) is 18.9. The Hall–Kier alpha value is -5.80. The van der Waals surface area contributed by atoms with Crippen LogP contribution in [0.1, 0.15) is 112 Å². The van der Waals surface area contributed by atoms with E-state index >= 15 is 0 Å². The summed E-state index contributed by atoms with van der Waals surface area (Å²) in [5, 5.41) is 30.3. The molecule has 0 saturated carbocycles. The number of nitrogens with one attached hydrogen (secondary N) is 5. The van der Waals surface area contributed by atoms with Crippen molar-refractivity contribution in [2.24, 2.45) is 5.73 Å². The number of hydrogen-bond acceptors (Lipinski definition) is 20. The van der Waals surface area contributed by atoms with Gasteiger partial charge in [0.05, 0.1) is 106 Å². The molecule has 0 bridgehead atoms. The SMILES string of the molecule is CC(C)(C)Nc1cc(Br)c2sc(-c3ccnn3C3CCCCO3)cc2n1.CC(C)(C)Nc1cc(NC2CCOC2)c2sc(-c3ccnn3C3CCCCO3)cc2n1.NC1CCOC1.Nc1cc(NC2CCOC2)c2sc(-c3ccn[nH]3)cc2n1. The van der Waals surface area contributed by atoms with E-state index in [1.54, 1.807) is 40.2 Å². The van der Waals surface area contributed by atoms with Gasteiger partial charge in [0.25, 0.3) is 0 Å². The zero-order valence-corrected chi connectivity index (χ0v) is 52.7. The van der Waals surface area contributed by atoms with Crippen molar-refractivity contribution in [2.45, 2.75) is 141 Å². The molecule has 9 aromatic heterocycles. The highest BCUT2D eigenvalue weighted by Gasteiger charge is 2.26. The zero-order chi connectivity index (χ0) is 58.4.